The molecule has 0 aliphatic heterocycles. The van der Waals surface area contributed by atoms with Crippen LogP contribution in [0.5, 0.6) is 0 Å². The Balaban J connectivity index is 2.56. The zero-order chi connectivity index (χ0) is 10.6. The number of likely N-dealkylation sites (N-methyl/N-ethyl adjacent to an activating group) is 2. The van der Waals surface area contributed by atoms with E-state index >= 15 is 0 Å². The van der Waals surface area contributed by atoms with Gasteiger partial charge in [-0.15, -0.1) is 0 Å². The summed E-state index contributed by atoms with van der Waals surface area (Å²) in [6.07, 6.45) is 0. The van der Waals surface area contributed by atoms with Crippen molar-refractivity contribution >= 4 is 5.91 Å². The lowest BCUT2D eigenvalue weighted by molar-refractivity contribution is 0.0755. The number of rotatable bonds is 4. The number of hydrogen-bond acceptors (Lipinski definition) is 4. The molecule has 1 aromatic rings. The smallest absolute Gasteiger partial charge is 0.292 e. The molecule has 0 atom stereocenters. The van der Waals surface area contributed by atoms with Gasteiger partial charge in [-0.1, -0.05) is 5.16 Å². The highest BCUT2D eigenvalue weighted by Crippen LogP contribution is 2.04. The number of nitrogens with one attached hydrogen (secondary N) is 1. The van der Waals surface area contributed by atoms with Crippen LogP contribution in [0, 0.1) is 6.92 Å². The molecule has 0 fully saturated rings. The molecule has 0 saturated heterocycles. The minimum absolute atomic E-state index is 0.138. The molecule has 1 heterocycles. The second kappa shape index (κ2) is 4.76. The minimum atomic E-state index is -0.138. The van der Waals surface area contributed by atoms with Gasteiger partial charge >= 0.3 is 0 Å². The molecule has 0 saturated carbocycles. The van der Waals surface area contributed by atoms with Crippen molar-refractivity contribution in [3.8, 4) is 0 Å². The Bertz CT molecular complexity index is 309. The molecule has 1 N–H and O–H groups in total. The lowest BCUT2D eigenvalue weighted by Gasteiger charge is -2.14. The van der Waals surface area contributed by atoms with E-state index in [4.69, 9.17) is 4.52 Å². The molecular formula is C9H15N3O2. The van der Waals surface area contributed by atoms with Gasteiger partial charge in [0.05, 0.1) is 5.69 Å². The molecule has 0 radical (unpaired) electrons. The molecule has 0 aromatic carbocycles. The number of nitrogens with zero attached hydrogens (tertiary/aromatic N) is 2. The second-order valence-corrected chi connectivity index (χ2v) is 3.16. The van der Waals surface area contributed by atoms with Crippen LogP contribution in [0.2, 0.25) is 0 Å². The highest BCUT2D eigenvalue weighted by molar-refractivity contribution is 5.91. The van der Waals surface area contributed by atoms with Crippen molar-refractivity contribution < 1.29 is 9.32 Å². The monoisotopic (exact) mass is 197 g/mol. The maximum absolute atomic E-state index is 11.6. The molecule has 0 aliphatic carbocycles. The van der Waals surface area contributed by atoms with Gasteiger partial charge in [-0.2, -0.15) is 0 Å². The van der Waals surface area contributed by atoms with Gasteiger partial charge in [0.15, 0.2) is 0 Å². The van der Waals surface area contributed by atoms with Crippen LogP contribution in [0.3, 0.4) is 0 Å². The Labute approximate surface area is 83.1 Å². The molecular weight excluding hydrogens is 182 g/mol. The van der Waals surface area contributed by atoms with Crippen molar-refractivity contribution in [2.45, 2.75) is 6.92 Å². The number of hydrogen-bond donors (Lipinski definition) is 1. The first-order valence-electron chi connectivity index (χ1n) is 4.48. The summed E-state index contributed by atoms with van der Waals surface area (Å²) in [6.45, 7) is 3.19. The maximum atomic E-state index is 11.6. The third kappa shape index (κ3) is 2.56. The summed E-state index contributed by atoms with van der Waals surface area (Å²) in [5.41, 5.74) is 0.718. The molecule has 0 bridgehead atoms. The first-order chi connectivity index (χ1) is 6.65. The summed E-state index contributed by atoms with van der Waals surface area (Å²) in [7, 11) is 3.58. The first kappa shape index (κ1) is 10.7. The van der Waals surface area contributed by atoms with Crippen LogP contribution in [0.4, 0.5) is 0 Å². The van der Waals surface area contributed by atoms with Crippen molar-refractivity contribution in [2.75, 3.05) is 27.2 Å². The van der Waals surface area contributed by atoms with E-state index in [9.17, 15) is 4.79 Å². The van der Waals surface area contributed by atoms with Gasteiger partial charge in [-0.25, -0.2) is 0 Å². The summed E-state index contributed by atoms with van der Waals surface area (Å²) >= 11 is 0. The van der Waals surface area contributed by atoms with E-state index in [1.54, 1.807) is 24.9 Å². The quantitative estimate of drug-likeness (QED) is 0.753. The zero-order valence-corrected chi connectivity index (χ0v) is 8.70. The molecule has 0 unspecified atom stereocenters. The summed E-state index contributed by atoms with van der Waals surface area (Å²) in [6, 6.07) is 1.64. The molecule has 14 heavy (non-hydrogen) atoms. The van der Waals surface area contributed by atoms with Crippen LogP contribution in [0.1, 0.15) is 16.2 Å². The SMILES string of the molecule is CNCCN(C)C(=O)c1cc(C)no1. The van der Waals surface area contributed by atoms with Crippen molar-refractivity contribution in [2.24, 2.45) is 0 Å². The van der Waals surface area contributed by atoms with Crippen LogP contribution in [0.25, 0.3) is 0 Å². The molecule has 5 heteroatoms. The van der Waals surface area contributed by atoms with Crippen LogP contribution in [0.15, 0.2) is 10.6 Å². The fourth-order valence-corrected chi connectivity index (χ4v) is 1.03. The van der Waals surface area contributed by atoms with Crippen molar-refractivity contribution in [3.05, 3.63) is 17.5 Å². The Hall–Kier alpha value is -1.36. The molecule has 78 valence electrons. The molecule has 5 nitrogen and oxygen atoms in total. The maximum Gasteiger partial charge on any atom is 0.292 e. The van der Waals surface area contributed by atoms with Gasteiger partial charge in [0, 0.05) is 26.2 Å². The summed E-state index contributed by atoms with van der Waals surface area (Å²) in [5, 5.41) is 6.63. The predicted molar refractivity (Wildman–Crippen MR) is 52.1 cm³/mol. The van der Waals surface area contributed by atoms with E-state index in [1.165, 1.54) is 0 Å². The molecule has 1 rings (SSSR count). The van der Waals surface area contributed by atoms with E-state index < -0.39 is 0 Å². The fraction of sp³-hybridized carbons (Fsp3) is 0.556. The van der Waals surface area contributed by atoms with E-state index in [-0.39, 0.29) is 5.91 Å². The van der Waals surface area contributed by atoms with E-state index in [0.29, 0.717) is 12.3 Å². The predicted octanol–water partition coefficient (Wildman–Crippen LogP) is 0.274. The Morgan fingerprint density at radius 3 is 2.93 bits per heavy atom. The number of carbonyl (C=O) groups excluding carboxylic acids is 1. The Morgan fingerprint density at radius 2 is 2.43 bits per heavy atom. The van der Waals surface area contributed by atoms with Crippen molar-refractivity contribution in [1.29, 1.82) is 0 Å². The van der Waals surface area contributed by atoms with Gasteiger partial charge in [-0.05, 0) is 14.0 Å². The fourth-order valence-electron chi connectivity index (χ4n) is 1.03. The molecule has 0 aliphatic rings. The number of carbonyl (C=O) groups is 1. The Kier molecular flexibility index (Phi) is 3.64. The highest BCUT2D eigenvalue weighted by Gasteiger charge is 2.15. The normalized spacial score (nSPS) is 10.2. The van der Waals surface area contributed by atoms with Gasteiger partial charge in [-0.3, -0.25) is 4.79 Å². The zero-order valence-electron chi connectivity index (χ0n) is 8.70. The summed E-state index contributed by atoms with van der Waals surface area (Å²) in [5.74, 6) is 0.155. The van der Waals surface area contributed by atoms with Gasteiger partial charge in [0.1, 0.15) is 0 Å². The Morgan fingerprint density at radius 1 is 1.71 bits per heavy atom. The first-order valence-corrected chi connectivity index (χ1v) is 4.48. The number of amides is 1. The van der Waals surface area contributed by atoms with E-state index in [2.05, 4.69) is 10.5 Å². The average Bonchev–Trinajstić information content (AvgIpc) is 2.60. The van der Waals surface area contributed by atoms with Crippen molar-refractivity contribution in [3.63, 3.8) is 0 Å². The van der Waals surface area contributed by atoms with Crippen LogP contribution in [-0.4, -0.2) is 43.1 Å². The van der Waals surface area contributed by atoms with Gasteiger partial charge < -0.3 is 14.7 Å². The largest absolute Gasteiger partial charge is 0.351 e. The summed E-state index contributed by atoms with van der Waals surface area (Å²) < 4.78 is 4.87. The van der Waals surface area contributed by atoms with E-state index in [1.807, 2.05) is 7.05 Å². The van der Waals surface area contributed by atoms with Crippen LogP contribution >= 0.6 is 0 Å². The average molecular weight is 197 g/mol. The standard InChI is InChI=1S/C9H15N3O2/c1-7-6-8(14-11-7)9(13)12(3)5-4-10-2/h6,10H,4-5H2,1-3H3. The minimum Gasteiger partial charge on any atom is -0.351 e. The second-order valence-electron chi connectivity index (χ2n) is 3.16. The highest BCUT2D eigenvalue weighted by atomic mass is 16.5. The third-order valence-electron chi connectivity index (χ3n) is 1.88. The number of aryl methyl sites for hydroxylation is 1. The van der Waals surface area contributed by atoms with Crippen molar-refractivity contribution in [1.82, 2.24) is 15.4 Å². The molecule has 1 amide bonds. The van der Waals surface area contributed by atoms with Gasteiger partial charge in [0.25, 0.3) is 5.91 Å². The van der Waals surface area contributed by atoms with Crippen LogP contribution in [-0.2, 0) is 0 Å². The molecule has 1 aromatic heterocycles. The summed E-state index contributed by atoms with van der Waals surface area (Å²) in [4.78, 5) is 13.2. The number of aromatic nitrogens is 1. The molecule has 0 spiro atoms. The lowest BCUT2D eigenvalue weighted by Crippen LogP contribution is -2.32. The van der Waals surface area contributed by atoms with Crippen LogP contribution < -0.4 is 5.32 Å². The topological polar surface area (TPSA) is 58.4 Å². The lowest BCUT2D eigenvalue weighted by atomic mass is 10.3. The van der Waals surface area contributed by atoms with E-state index in [0.717, 1.165) is 12.2 Å². The van der Waals surface area contributed by atoms with Gasteiger partial charge in [0.2, 0.25) is 5.76 Å². The third-order valence-corrected chi connectivity index (χ3v) is 1.88.